The van der Waals surface area contributed by atoms with Crippen molar-refractivity contribution in [3.8, 4) is 11.4 Å². The van der Waals surface area contributed by atoms with Gasteiger partial charge in [0, 0.05) is 10.6 Å². The maximum atomic E-state index is 12.5. The Hall–Kier alpha value is -2.38. The van der Waals surface area contributed by atoms with Crippen molar-refractivity contribution in [2.24, 2.45) is 0 Å². The molecule has 0 unspecified atom stereocenters. The molecule has 0 aliphatic heterocycles. The van der Waals surface area contributed by atoms with Gasteiger partial charge in [0.15, 0.2) is 5.82 Å². The largest absolute Gasteiger partial charge is 0.367 e. The molecule has 0 amide bonds. The second-order valence-electron chi connectivity index (χ2n) is 4.46. The average molecular weight is 335 g/mol. The third-order valence-corrected chi connectivity index (χ3v) is 4.82. The summed E-state index contributed by atoms with van der Waals surface area (Å²) >= 11 is 5.77. The van der Waals surface area contributed by atoms with Crippen LogP contribution in [0.3, 0.4) is 0 Å². The average Bonchev–Trinajstić information content (AvgIpc) is 2.91. The molecular weight excluding hydrogens is 324 g/mol. The predicted molar refractivity (Wildman–Crippen MR) is 83.9 cm³/mol. The molecule has 112 valence electrons. The van der Waals surface area contributed by atoms with E-state index in [2.05, 4.69) is 10.1 Å². The van der Waals surface area contributed by atoms with Gasteiger partial charge in [0.25, 0.3) is 10.0 Å². The van der Waals surface area contributed by atoms with Gasteiger partial charge in [-0.15, -0.1) is 9.19 Å². The zero-order valence-electron chi connectivity index (χ0n) is 11.2. The summed E-state index contributed by atoms with van der Waals surface area (Å²) in [6.45, 7) is 0. The summed E-state index contributed by atoms with van der Waals surface area (Å²) in [6.07, 6.45) is 0. The first-order chi connectivity index (χ1) is 10.5. The third-order valence-electron chi connectivity index (χ3n) is 2.97. The minimum Gasteiger partial charge on any atom is -0.367 e. The molecule has 0 fully saturated rings. The molecule has 1 aromatic heterocycles. The third kappa shape index (κ3) is 2.56. The SMILES string of the molecule is Nc1nc(-c2ccccc2)nn1S(=O)(=O)c1ccc(Cl)cc1. The van der Waals surface area contributed by atoms with Crippen molar-refractivity contribution in [2.45, 2.75) is 4.90 Å². The number of nitrogens with zero attached hydrogens (tertiary/aromatic N) is 3. The molecule has 0 aliphatic rings. The molecular formula is C14H11ClN4O2S. The van der Waals surface area contributed by atoms with Gasteiger partial charge in [-0.25, -0.2) is 0 Å². The Balaban J connectivity index is 2.09. The van der Waals surface area contributed by atoms with Crippen LogP contribution < -0.4 is 5.73 Å². The van der Waals surface area contributed by atoms with Gasteiger partial charge < -0.3 is 5.73 Å². The van der Waals surface area contributed by atoms with Crippen LogP contribution in [0.2, 0.25) is 5.02 Å². The Morgan fingerprint density at radius 3 is 2.27 bits per heavy atom. The lowest BCUT2D eigenvalue weighted by atomic mass is 10.2. The lowest BCUT2D eigenvalue weighted by Gasteiger charge is -2.04. The number of benzene rings is 2. The van der Waals surface area contributed by atoms with Gasteiger partial charge in [-0.3, -0.25) is 0 Å². The van der Waals surface area contributed by atoms with E-state index in [0.29, 0.717) is 10.6 Å². The molecule has 6 nitrogen and oxygen atoms in total. The topological polar surface area (TPSA) is 90.9 Å². The number of rotatable bonds is 3. The van der Waals surface area contributed by atoms with Crippen LogP contribution in [0.1, 0.15) is 0 Å². The Kier molecular flexibility index (Phi) is 3.59. The molecule has 0 bridgehead atoms. The molecule has 0 saturated carbocycles. The van der Waals surface area contributed by atoms with E-state index in [1.54, 1.807) is 24.3 Å². The number of hydrogen-bond donors (Lipinski definition) is 1. The molecule has 0 radical (unpaired) electrons. The predicted octanol–water partition coefficient (Wildman–Crippen LogP) is 2.42. The molecule has 2 aromatic carbocycles. The Morgan fingerprint density at radius 1 is 1.00 bits per heavy atom. The minimum atomic E-state index is -3.91. The van der Waals surface area contributed by atoms with Crippen LogP contribution in [-0.2, 0) is 10.0 Å². The van der Waals surface area contributed by atoms with Gasteiger partial charge in [-0.2, -0.15) is 13.4 Å². The van der Waals surface area contributed by atoms with Crippen molar-refractivity contribution in [2.75, 3.05) is 5.73 Å². The zero-order chi connectivity index (χ0) is 15.7. The fourth-order valence-corrected chi connectivity index (χ4v) is 3.18. The van der Waals surface area contributed by atoms with Crippen LogP contribution in [0, 0.1) is 0 Å². The smallest absolute Gasteiger partial charge is 0.286 e. The number of nitrogen functional groups attached to an aromatic ring is 1. The number of anilines is 1. The van der Waals surface area contributed by atoms with Gasteiger partial charge in [0.1, 0.15) is 0 Å². The van der Waals surface area contributed by atoms with E-state index < -0.39 is 10.0 Å². The first-order valence-corrected chi connectivity index (χ1v) is 8.09. The molecule has 3 aromatic rings. The van der Waals surface area contributed by atoms with Gasteiger partial charge in [0.2, 0.25) is 5.95 Å². The molecule has 0 saturated heterocycles. The number of aromatic nitrogens is 3. The van der Waals surface area contributed by atoms with Crippen molar-refractivity contribution in [3.05, 3.63) is 59.6 Å². The highest BCUT2D eigenvalue weighted by Gasteiger charge is 2.23. The van der Waals surface area contributed by atoms with Gasteiger partial charge in [-0.05, 0) is 24.3 Å². The maximum Gasteiger partial charge on any atom is 0.286 e. The Morgan fingerprint density at radius 2 is 1.64 bits per heavy atom. The van der Waals surface area contributed by atoms with E-state index in [1.165, 1.54) is 24.3 Å². The van der Waals surface area contributed by atoms with Crippen LogP contribution in [0.4, 0.5) is 5.95 Å². The van der Waals surface area contributed by atoms with Crippen molar-refractivity contribution in [3.63, 3.8) is 0 Å². The van der Waals surface area contributed by atoms with Crippen molar-refractivity contribution < 1.29 is 8.42 Å². The summed E-state index contributed by atoms with van der Waals surface area (Å²) in [5.41, 5.74) is 6.40. The summed E-state index contributed by atoms with van der Waals surface area (Å²) in [4.78, 5) is 4.05. The van der Waals surface area contributed by atoms with Crippen LogP contribution in [0.15, 0.2) is 59.5 Å². The molecule has 3 rings (SSSR count). The molecule has 8 heteroatoms. The second kappa shape index (κ2) is 5.43. The fraction of sp³-hybridized carbons (Fsp3) is 0. The molecule has 0 spiro atoms. The van der Waals surface area contributed by atoms with Crippen LogP contribution >= 0.6 is 11.6 Å². The number of nitrogens with two attached hydrogens (primary N) is 1. The lowest BCUT2D eigenvalue weighted by Crippen LogP contribution is -2.17. The van der Waals surface area contributed by atoms with Crippen LogP contribution in [0.5, 0.6) is 0 Å². The van der Waals surface area contributed by atoms with Crippen molar-refractivity contribution >= 4 is 27.6 Å². The van der Waals surface area contributed by atoms with E-state index in [1.807, 2.05) is 6.07 Å². The molecule has 0 aliphatic carbocycles. The minimum absolute atomic E-state index is 0.0353. The molecule has 2 N–H and O–H groups in total. The van der Waals surface area contributed by atoms with E-state index >= 15 is 0 Å². The van der Waals surface area contributed by atoms with E-state index in [-0.39, 0.29) is 16.7 Å². The molecule has 1 heterocycles. The van der Waals surface area contributed by atoms with Gasteiger partial charge in [0.05, 0.1) is 4.90 Å². The number of hydrogen-bond acceptors (Lipinski definition) is 5. The highest BCUT2D eigenvalue weighted by atomic mass is 35.5. The highest BCUT2D eigenvalue weighted by molar-refractivity contribution is 7.90. The van der Waals surface area contributed by atoms with Gasteiger partial charge >= 0.3 is 0 Å². The summed E-state index contributed by atoms with van der Waals surface area (Å²) in [5, 5.41) is 4.45. The summed E-state index contributed by atoms with van der Waals surface area (Å²) in [5.74, 6) is 0.0458. The number of halogens is 1. The standard InChI is InChI=1S/C14H11ClN4O2S/c15-11-6-8-12(9-7-11)22(20,21)19-14(16)17-13(18-19)10-4-2-1-3-5-10/h1-9H,(H2,16,17,18). The normalized spacial score (nSPS) is 11.5. The summed E-state index contributed by atoms with van der Waals surface area (Å²) in [7, 11) is -3.91. The quantitative estimate of drug-likeness (QED) is 0.794. The first-order valence-electron chi connectivity index (χ1n) is 6.27. The van der Waals surface area contributed by atoms with Crippen molar-refractivity contribution in [1.29, 1.82) is 0 Å². The van der Waals surface area contributed by atoms with Crippen LogP contribution in [-0.4, -0.2) is 22.6 Å². The van der Waals surface area contributed by atoms with Gasteiger partial charge in [-0.1, -0.05) is 41.9 Å². The monoisotopic (exact) mass is 334 g/mol. The summed E-state index contributed by atoms with van der Waals surface area (Å²) < 4.78 is 25.8. The van der Waals surface area contributed by atoms with E-state index in [9.17, 15) is 8.42 Å². The Bertz CT molecular complexity index is 906. The van der Waals surface area contributed by atoms with Crippen molar-refractivity contribution in [1.82, 2.24) is 14.2 Å². The second-order valence-corrected chi connectivity index (χ2v) is 6.67. The summed E-state index contributed by atoms with van der Waals surface area (Å²) in [6, 6.07) is 14.7. The van der Waals surface area contributed by atoms with E-state index in [4.69, 9.17) is 17.3 Å². The maximum absolute atomic E-state index is 12.5. The highest BCUT2D eigenvalue weighted by Crippen LogP contribution is 2.21. The van der Waals surface area contributed by atoms with Crippen LogP contribution in [0.25, 0.3) is 11.4 Å². The molecule has 0 atom stereocenters. The Labute approximate surface area is 132 Å². The first kappa shape index (κ1) is 14.6. The zero-order valence-corrected chi connectivity index (χ0v) is 12.8. The fourth-order valence-electron chi connectivity index (χ4n) is 1.90. The lowest BCUT2D eigenvalue weighted by molar-refractivity contribution is 0.581. The molecule has 22 heavy (non-hydrogen) atoms. The van der Waals surface area contributed by atoms with E-state index in [0.717, 1.165) is 4.09 Å².